The number of hydrogen-bond donors (Lipinski definition) is 3. The lowest BCUT2D eigenvalue weighted by molar-refractivity contribution is -0.143. The zero-order valence-corrected chi connectivity index (χ0v) is 17.5. The number of carboxylic acid groups (broad SMARTS) is 1. The number of H-pyrrole nitrogens is 2. The third-order valence-electron chi connectivity index (χ3n) is 6.07. The number of para-hydroxylation sites is 1. The third-order valence-corrected chi connectivity index (χ3v) is 6.07. The van der Waals surface area contributed by atoms with Gasteiger partial charge in [-0.15, -0.1) is 0 Å². The number of piperidine rings is 1. The number of aromatic nitrogens is 3. The normalized spacial score (nSPS) is 15.4. The van der Waals surface area contributed by atoms with Gasteiger partial charge in [0.2, 0.25) is 0 Å². The van der Waals surface area contributed by atoms with Gasteiger partial charge in [-0.1, -0.05) is 18.2 Å². The molecule has 32 heavy (non-hydrogen) atoms. The summed E-state index contributed by atoms with van der Waals surface area (Å²) < 4.78 is 5.91. The molecule has 0 radical (unpaired) electrons. The Hall–Kier alpha value is -3.65. The monoisotopic (exact) mass is 432 g/mol. The number of nitrogens with zero attached hydrogens (tertiary/aromatic N) is 2. The standard InChI is InChI=1S/C24H24N4O4/c29-23-18(13-16-3-1-2-4-19(16)27-23)22-25-20-6-5-17(14-21(20)26-22)32-12-11-28-9-7-15(8-10-28)24(30)31/h1-6,13-15H,7-12H2,(H,25,26)(H,27,29)(H,30,31). The highest BCUT2D eigenvalue weighted by molar-refractivity contribution is 5.85. The van der Waals surface area contributed by atoms with Crippen LogP contribution in [0.15, 0.2) is 53.3 Å². The SMILES string of the molecule is O=C(O)C1CCN(CCOc2ccc3nc(-c4cc5ccccc5[nH]c4=O)[nH]c3c2)CC1. The van der Waals surface area contributed by atoms with Crippen molar-refractivity contribution in [3.05, 3.63) is 58.9 Å². The van der Waals surface area contributed by atoms with Gasteiger partial charge in [-0.05, 0) is 55.6 Å². The molecule has 2 aromatic heterocycles. The summed E-state index contributed by atoms with van der Waals surface area (Å²) in [5.74, 6) is 0.323. The second kappa shape index (κ2) is 8.47. The summed E-state index contributed by atoms with van der Waals surface area (Å²) in [5, 5.41) is 10.0. The first-order valence-corrected chi connectivity index (χ1v) is 10.8. The van der Waals surface area contributed by atoms with E-state index in [-0.39, 0.29) is 11.5 Å². The molecule has 164 valence electrons. The van der Waals surface area contributed by atoms with Crippen molar-refractivity contribution in [1.29, 1.82) is 0 Å². The molecule has 0 bridgehead atoms. The van der Waals surface area contributed by atoms with Crippen molar-refractivity contribution in [1.82, 2.24) is 19.9 Å². The van der Waals surface area contributed by atoms with Crippen LogP contribution in [-0.4, -0.2) is 57.2 Å². The van der Waals surface area contributed by atoms with E-state index < -0.39 is 5.97 Å². The summed E-state index contributed by atoms with van der Waals surface area (Å²) in [6.45, 7) is 2.84. The molecule has 5 rings (SSSR count). The summed E-state index contributed by atoms with van der Waals surface area (Å²) in [5.41, 5.74) is 2.65. The van der Waals surface area contributed by atoms with Gasteiger partial charge in [0, 0.05) is 18.1 Å². The summed E-state index contributed by atoms with van der Waals surface area (Å²) in [4.78, 5) is 36.6. The molecule has 0 aliphatic carbocycles. The van der Waals surface area contributed by atoms with E-state index >= 15 is 0 Å². The van der Waals surface area contributed by atoms with Crippen LogP contribution < -0.4 is 10.3 Å². The van der Waals surface area contributed by atoms with Gasteiger partial charge in [-0.2, -0.15) is 0 Å². The molecule has 0 saturated carbocycles. The number of benzene rings is 2. The van der Waals surface area contributed by atoms with Crippen LogP contribution in [0.3, 0.4) is 0 Å². The van der Waals surface area contributed by atoms with Crippen molar-refractivity contribution in [3.8, 4) is 17.1 Å². The zero-order chi connectivity index (χ0) is 22.1. The maximum absolute atomic E-state index is 12.5. The quantitative estimate of drug-likeness (QED) is 0.431. The number of aliphatic carboxylic acids is 1. The molecule has 1 aliphatic heterocycles. The van der Waals surface area contributed by atoms with E-state index in [2.05, 4.69) is 19.9 Å². The number of hydrogen-bond acceptors (Lipinski definition) is 5. The summed E-state index contributed by atoms with van der Waals surface area (Å²) in [6, 6.07) is 15.1. The first kappa shape index (κ1) is 20.3. The molecule has 1 fully saturated rings. The Labute approximate surface area is 183 Å². The fourth-order valence-electron chi connectivity index (χ4n) is 4.23. The highest BCUT2D eigenvalue weighted by Crippen LogP contribution is 2.24. The van der Waals surface area contributed by atoms with E-state index in [0.717, 1.165) is 47.3 Å². The first-order valence-electron chi connectivity index (χ1n) is 10.8. The Bertz CT molecular complexity index is 1330. The van der Waals surface area contributed by atoms with Gasteiger partial charge in [0.05, 0.1) is 22.5 Å². The number of ether oxygens (including phenoxy) is 1. The Balaban J connectivity index is 1.27. The fourth-order valence-corrected chi connectivity index (χ4v) is 4.23. The third kappa shape index (κ3) is 4.09. The number of rotatable bonds is 6. The maximum atomic E-state index is 12.5. The number of nitrogens with one attached hydrogen (secondary N) is 2. The van der Waals surface area contributed by atoms with Gasteiger partial charge in [0.1, 0.15) is 18.2 Å². The fraction of sp³-hybridized carbons (Fsp3) is 0.292. The molecule has 0 spiro atoms. The molecule has 8 heteroatoms. The van der Waals surface area contributed by atoms with E-state index in [1.54, 1.807) is 0 Å². The van der Waals surface area contributed by atoms with Gasteiger partial charge in [0.25, 0.3) is 5.56 Å². The van der Waals surface area contributed by atoms with Gasteiger partial charge in [-0.25, -0.2) is 4.98 Å². The minimum atomic E-state index is -0.696. The van der Waals surface area contributed by atoms with Gasteiger partial charge in [-0.3, -0.25) is 14.5 Å². The molecule has 0 amide bonds. The Kier molecular flexibility index (Phi) is 5.36. The molecule has 1 saturated heterocycles. The second-order valence-electron chi connectivity index (χ2n) is 8.17. The summed E-state index contributed by atoms with van der Waals surface area (Å²) >= 11 is 0. The molecule has 0 unspecified atom stereocenters. The molecule has 8 nitrogen and oxygen atoms in total. The summed E-state index contributed by atoms with van der Waals surface area (Å²) in [7, 11) is 0. The minimum absolute atomic E-state index is 0.189. The van der Waals surface area contributed by atoms with Crippen LogP contribution in [0.2, 0.25) is 0 Å². The molecule has 0 atom stereocenters. The van der Waals surface area contributed by atoms with E-state index in [1.807, 2.05) is 48.5 Å². The second-order valence-corrected chi connectivity index (χ2v) is 8.17. The van der Waals surface area contributed by atoms with Crippen LogP contribution in [0.25, 0.3) is 33.3 Å². The Morgan fingerprint density at radius 1 is 1.09 bits per heavy atom. The number of likely N-dealkylation sites (tertiary alicyclic amines) is 1. The van der Waals surface area contributed by atoms with E-state index in [0.29, 0.717) is 30.8 Å². The maximum Gasteiger partial charge on any atom is 0.306 e. The highest BCUT2D eigenvalue weighted by Gasteiger charge is 2.24. The number of pyridine rings is 1. The largest absolute Gasteiger partial charge is 0.492 e. The Morgan fingerprint density at radius 3 is 2.72 bits per heavy atom. The van der Waals surface area contributed by atoms with Gasteiger partial charge < -0.3 is 19.8 Å². The molecule has 3 heterocycles. The zero-order valence-electron chi connectivity index (χ0n) is 17.5. The van der Waals surface area contributed by atoms with Crippen molar-refractivity contribution in [3.63, 3.8) is 0 Å². The average molecular weight is 432 g/mol. The predicted molar refractivity (Wildman–Crippen MR) is 122 cm³/mol. The van der Waals surface area contributed by atoms with Crippen molar-refractivity contribution < 1.29 is 14.6 Å². The lowest BCUT2D eigenvalue weighted by atomic mass is 9.97. The minimum Gasteiger partial charge on any atom is -0.492 e. The molecular formula is C24H24N4O4. The highest BCUT2D eigenvalue weighted by atomic mass is 16.5. The number of carboxylic acids is 1. The Morgan fingerprint density at radius 2 is 1.91 bits per heavy atom. The average Bonchev–Trinajstić information content (AvgIpc) is 3.22. The molecule has 2 aromatic carbocycles. The molecule has 1 aliphatic rings. The van der Waals surface area contributed by atoms with Crippen molar-refractivity contribution in [2.24, 2.45) is 5.92 Å². The van der Waals surface area contributed by atoms with Crippen LogP contribution >= 0.6 is 0 Å². The predicted octanol–water partition coefficient (Wildman–Crippen LogP) is 3.25. The lowest BCUT2D eigenvalue weighted by Gasteiger charge is -2.29. The van der Waals surface area contributed by atoms with Crippen LogP contribution in [0.1, 0.15) is 12.8 Å². The van der Waals surface area contributed by atoms with Gasteiger partial charge in [0.15, 0.2) is 0 Å². The van der Waals surface area contributed by atoms with Crippen LogP contribution in [0.4, 0.5) is 0 Å². The van der Waals surface area contributed by atoms with Gasteiger partial charge >= 0.3 is 5.97 Å². The van der Waals surface area contributed by atoms with E-state index in [1.165, 1.54) is 0 Å². The van der Waals surface area contributed by atoms with Crippen LogP contribution in [0.5, 0.6) is 5.75 Å². The number of imidazole rings is 1. The van der Waals surface area contributed by atoms with E-state index in [4.69, 9.17) is 9.84 Å². The molecule has 4 aromatic rings. The smallest absolute Gasteiger partial charge is 0.306 e. The lowest BCUT2D eigenvalue weighted by Crippen LogP contribution is -2.38. The number of carbonyl (C=O) groups is 1. The number of aromatic amines is 2. The topological polar surface area (TPSA) is 111 Å². The number of fused-ring (bicyclic) bond motifs is 2. The van der Waals surface area contributed by atoms with Crippen molar-refractivity contribution in [2.45, 2.75) is 12.8 Å². The van der Waals surface area contributed by atoms with Crippen molar-refractivity contribution >= 4 is 27.9 Å². The first-order chi connectivity index (χ1) is 15.6. The molecule has 3 N–H and O–H groups in total. The summed E-state index contributed by atoms with van der Waals surface area (Å²) in [6.07, 6.45) is 1.37. The van der Waals surface area contributed by atoms with Crippen LogP contribution in [-0.2, 0) is 4.79 Å². The van der Waals surface area contributed by atoms with Crippen LogP contribution in [0, 0.1) is 5.92 Å². The van der Waals surface area contributed by atoms with E-state index in [9.17, 15) is 9.59 Å². The van der Waals surface area contributed by atoms with Crippen molar-refractivity contribution in [2.75, 3.05) is 26.2 Å². The molecular weight excluding hydrogens is 408 g/mol.